The Morgan fingerprint density at radius 1 is 1.24 bits per heavy atom. The van der Waals surface area contributed by atoms with E-state index >= 15 is 0 Å². The van der Waals surface area contributed by atoms with Gasteiger partial charge in [0.05, 0.1) is 13.2 Å². The third-order valence-corrected chi connectivity index (χ3v) is 3.81. The van der Waals surface area contributed by atoms with Crippen LogP contribution in [-0.4, -0.2) is 35.5 Å². The van der Waals surface area contributed by atoms with E-state index in [2.05, 4.69) is 6.92 Å². The number of aromatic carboxylic acids is 1. The summed E-state index contributed by atoms with van der Waals surface area (Å²) in [7, 11) is 1.65. The standard InChI is InChI=1S/C19H23NO5/c1-4-5-10-24-15-8-6-14(7-9-15)18(21)20(3)12-16-11-17(19(22)23)13(2)25-16/h6-9,11H,4-5,10,12H2,1-3H3,(H,22,23). The van der Waals surface area contributed by atoms with Gasteiger partial charge >= 0.3 is 5.97 Å². The third kappa shape index (κ3) is 4.86. The molecule has 0 saturated carbocycles. The molecular weight excluding hydrogens is 322 g/mol. The van der Waals surface area contributed by atoms with E-state index in [9.17, 15) is 9.59 Å². The van der Waals surface area contributed by atoms with Crippen molar-refractivity contribution in [2.24, 2.45) is 0 Å². The van der Waals surface area contributed by atoms with Gasteiger partial charge < -0.3 is 19.2 Å². The molecule has 2 rings (SSSR count). The molecule has 1 aromatic heterocycles. The van der Waals surface area contributed by atoms with Crippen molar-refractivity contribution in [1.82, 2.24) is 4.90 Å². The lowest BCUT2D eigenvalue weighted by Gasteiger charge is -2.16. The van der Waals surface area contributed by atoms with Crippen LogP contribution in [0.25, 0.3) is 0 Å². The van der Waals surface area contributed by atoms with Gasteiger partial charge in [-0.2, -0.15) is 0 Å². The van der Waals surface area contributed by atoms with E-state index in [0.717, 1.165) is 18.6 Å². The summed E-state index contributed by atoms with van der Waals surface area (Å²) in [4.78, 5) is 25.0. The fraction of sp³-hybridized carbons (Fsp3) is 0.368. The number of hydrogen-bond donors (Lipinski definition) is 1. The fourth-order valence-corrected chi connectivity index (χ4v) is 2.39. The number of rotatable bonds is 8. The predicted octanol–water partition coefficient (Wildman–Crippen LogP) is 3.74. The van der Waals surface area contributed by atoms with Gasteiger partial charge in [-0.05, 0) is 43.7 Å². The van der Waals surface area contributed by atoms with Crippen LogP contribution in [0, 0.1) is 6.92 Å². The summed E-state index contributed by atoms with van der Waals surface area (Å²) < 4.78 is 11.0. The molecule has 1 N–H and O–H groups in total. The number of nitrogens with zero attached hydrogens (tertiary/aromatic N) is 1. The minimum Gasteiger partial charge on any atom is -0.494 e. The zero-order valence-corrected chi connectivity index (χ0v) is 14.7. The van der Waals surface area contributed by atoms with Gasteiger partial charge in [0.15, 0.2) is 0 Å². The van der Waals surface area contributed by atoms with Crippen LogP contribution < -0.4 is 4.74 Å². The highest BCUT2D eigenvalue weighted by atomic mass is 16.5. The van der Waals surface area contributed by atoms with Crippen molar-refractivity contribution in [3.63, 3.8) is 0 Å². The topological polar surface area (TPSA) is 80.0 Å². The Bertz CT molecular complexity index is 733. The van der Waals surface area contributed by atoms with Crippen LogP contribution in [-0.2, 0) is 6.54 Å². The van der Waals surface area contributed by atoms with Crippen molar-refractivity contribution < 1.29 is 23.8 Å². The Hall–Kier alpha value is -2.76. The van der Waals surface area contributed by atoms with Crippen molar-refractivity contribution in [2.75, 3.05) is 13.7 Å². The van der Waals surface area contributed by atoms with Crippen LogP contribution in [0.3, 0.4) is 0 Å². The van der Waals surface area contributed by atoms with E-state index in [0.29, 0.717) is 23.7 Å². The van der Waals surface area contributed by atoms with Crippen LogP contribution in [0.2, 0.25) is 0 Å². The van der Waals surface area contributed by atoms with Gasteiger partial charge in [-0.1, -0.05) is 13.3 Å². The number of furan rings is 1. The average molecular weight is 345 g/mol. The maximum Gasteiger partial charge on any atom is 0.339 e. The SMILES string of the molecule is CCCCOc1ccc(C(=O)N(C)Cc2cc(C(=O)O)c(C)o2)cc1. The number of carboxylic acids is 1. The molecular formula is C19H23NO5. The van der Waals surface area contributed by atoms with Gasteiger partial charge in [-0.15, -0.1) is 0 Å². The molecule has 1 amide bonds. The van der Waals surface area contributed by atoms with Crippen molar-refractivity contribution in [3.8, 4) is 5.75 Å². The number of amides is 1. The number of aryl methyl sites for hydroxylation is 1. The largest absolute Gasteiger partial charge is 0.494 e. The summed E-state index contributed by atoms with van der Waals surface area (Å²) in [6.45, 7) is 4.54. The van der Waals surface area contributed by atoms with Gasteiger partial charge in [0.25, 0.3) is 5.91 Å². The summed E-state index contributed by atoms with van der Waals surface area (Å²) in [5.74, 6) is 0.286. The maximum atomic E-state index is 12.5. The first-order valence-corrected chi connectivity index (χ1v) is 8.23. The zero-order chi connectivity index (χ0) is 18.4. The van der Waals surface area contributed by atoms with Gasteiger partial charge in [0, 0.05) is 12.6 Å². The first kappa shape index (κ1) is 18.6. The molecule has 0 saturated heterocycles. The molecule has 2 aromatic rings. The Kier molecular flexibility index (Phi) is 6.22. The third-order valence-electron chi connectivity index (χ3n) is 3.81. The van der Waals surface area contributed by atoms with E-state index in [1.54, 1.807) is 38.2 Å². The highest BCUT2D eigenvalue weighted by molar-refractivity contribution is 5.94. The number of carbonyl (C=O) groups is 2. The second kappa shape index (κ2) is 8.37. The van der Waals surface area contributed by atoms with E-state index < -0.39 is 5.97 Å². The van der Waals surface area contributed by atoms with E-state index in [-0.39, 0.29) is 18.0 Å². The number of carbonyl (C=O) groups excluding carboxylic acids is 1. The molecule has 0 radical (unpaired) electrons. The molecule has 0 atom stereocenters. The van der Waals surface area contributed by atoms with Gasteiger partial charge in [0.2, 0.25) is 0 Å². The molecule has 6 heteroatoms. The summed E-state index contributed by atoms with van der Waals surface area (Å²) >= 11 is 0. The van der Waals surface area contributed by atoms with Crippen molar-refractivity contribution in [2.45, 2.75) is 33.2 Å². The van der Waals surface area contributed by atoms with Gasteiger partial charge in [-0.25, -0.2) is 4.79 Å². The number of benzene rings is 1. The predicted molar refractivity (Wildman–Crippen MR) is 93.0 cm³/mol. The molecule has 0 aliphatic carbocycles. The first-order chi connectivity index (χ1) is 11.9. The van der Waals surface area contributed by atoms with Crippen molar-refractivity contribution in [3.05, 3.63) is 53.0 Å². The molecule has 0 aliphatic heterocycles. The fourth-order valence-electron chi connectivity index (χ4n) is 2.39. The van der Waals surface area contributed by atoms with Crippen molar-refractivity contribution in [1.29, 1.82) is 0 Å². The summed E-state index contributed by atoms with van der Waals surface area (Å²) in [6.07, 6.45) is 2.06. The van der Waals surface area contributed by atoms with Gasteiger partial charge in [-0.3, -0.25) is 4.79 Å². The van der Waals surface area contributed by atoms with E-state index in [1.165, 1.54) is 11.0 Å². The molecule has 0 fully saturated rings. The second-order valence-electron chi connectivity index (χ2n) is 5.88. The Morgan fingerprint density at radius 2 is 1.92 bits per heavy atom. The van der Waals surface area contributed by atoms with Crippen LogP contribution in [0.5, 0.6) is 5.75 Å². The Morgan fingerprint density at radius 3 is 2.48 bits per heavy atom. The summed E-state index contributed by atoms with van der Waals surface area (Å²) in [5, 5.41) is 9.05. The Labute approximate surface area is 147 Å². The summed E-state index contributed by atoms with van der Waals surface area (Å²) in [6, 6.07) is 8.44. The lowest BCUT2D eigenvalue weighted by molar-refractivity contribution is 0.0694. The van der Waals surface area contributed by atoms with Gasteiger partial charge in [0.1, 0.15) is 22.8 Å². The highest BCUT2D eigenvalue weighted by Crippen LogP contribution is 2.18. The highest BCUT2D eigenvalue weighted by Gasteiger charge is 2.17. The maximum absolute atomic E-state index is 12.5. The van der Waals surface area contributed by atoms with Crippen LogP contribution >= 0.6 is 0 Å². The molecule has 0 aliphatic rings. The van der Waals surface area contributed by atoms with Crippen molar-refractivity contribution >= 4 is 11.9 Å². The number of ether oxygens (including phenoxy) is 1. The molecule has 0 bridgehead atoms. The quantitative estimate of drug-likeness (QED) is 0.737. The smallest absolute Gasteiger partial charge is 0.339 e. The number of carboxylic acid groups (broad SMARTS) is 1. The number of unbranched alkanes of at least 4 members (excludes halogenated alkanes) is 1. The minimum absolute atomic E-state index is 0.115. The van der Waals surface area contributed by atoms with Crippen LogP contribution in [0.1, 0.15) is 52.0 Å². The average Bonchev–Trinajstić information content (AvgIpc) is 2.95. The Balaban J connectivity index is 1.99. The first-order valence-electron chi connectivity index (χ1n) is 8.23. The van der Waals surface area contributed by atoms with Crippen LogP contribution in [0.4, 0.5) is 0 Å². The molecule has 134 valence electrons. The van der Waals surface area contributed by atoms with Crippen LogP contribution in [0.15, 0.2) is 34.7 Å². The molecule has 25 heavy (non-hydrogen) atoms. The number of hydrogen-bond acceptors (Lipinski definition) is 4. The normalized spacial score (nSPS) is 10.5. The molecule has 1 heterocycles. The van der Waals surface area contributed by atoms with E-state index in [1.807, 2.05) is 0 Å². The lowest BCUT2D eigenvalue weighted by Crippen LogP contribution is -2.25. The minimum atomic E-state index is -1.04. The molecule has 6 nitrogen and oxygen atoms in total. The molecule has 0 unspecified atom stereocenters. The molecule has 1 aromatic carbocycles. The molecule has 0 spiro atoms. The van der Waals surface area contributed by atoms with E-state index in [4.69, 9.17) is 14.3 Å². The lowest BCUT2D eigenvalue weighted by atomic mass is 10.2. The monoisotopic (exact) mass is 345 g/mol. The summed E-state index contributed by atoms with van der Waals surface area (Å²) in [5.41, 5.74) is 0.650. The zero-order valence-electron chi connectivity index (χ0n) is 14.7. The second-order valence-corrected chi connectivity index (χ2v) is 5.88.